The first-order valence-corrected chi connectivity index (χ1v) is 12.9. The third kappa shape index (κ3) is 3.67. The number of rotatable bonds is 4. The number of nitrogens with zero attached hydrogens (tertiary/aromatic N) is 5. The predicted octanol–water partition coefficient (Wildman–Crippen LogP) is 3.27. The Hall–Kier alpha value is -2.52. The van der Waals surface area contributed by atoms with Gasteiger partial charge in [0, 0.05) is 49.0 Å². The lowest BCUT2D eigenvalue weighted by Crippen LogP contribution is -2.44. The molecule has 1 aliphatic carbocycles. The average molecular weight is 456 g/mol. The molecule has 9 heteroatoms. The lowest BCUT2D eigenvalue weighted by Gasteiger charge is -2.34. The van der Waals surface area contributed by atoms with E-state index in [1.165, 1.54) is 0 Å². The number of hydrogen-bond donors (Lipinski definition) is 0. The summed E-state index contributed by atoms with van der Waals surface area (Å²) in [6.07, 6.45) is 6.64. The van der Waals surface area contributed by atoms with Gasteiger partial charge in [0.1, 0.15) is 5.82 Å². The second kappa shape index (κ2) is 8.44. The standard InChI is InChI=1S/C23H29N5O3S/c1-15-14-31-10-9-28(15)21-13-19(20-8-5-11-32(20,29)24-2)26-23(27-21)17-12-22(30-3)25-18-7-4-6-16(17)18/h4,6,12-13,15,20H,5,7-11,14H2,1-3H3/t15-,20?,32?/m1/s1. The highest BCUT2D eigenvalue weighted by Crippen LogP contribution is 2.39. The van der Waals surface area contributed by atoms with E-state index in [-0.39, 0.29) is 11.3 Å². The molecule has 2 aromatic rings. The van der Waals surface area contributed by atoms with Gasteiger partial charge in [0.05, 0.1) is 52.7 Å². The van der Waals surface area contributed by atoms with E-state index in [4.69, 9.17) is 19.4 Å². The Bertz CT molecular complexity index is 1190. The summed E-state index contributed by atoms with van der Waals surface area (Å²) >= 11 is 0. The van der Waals surface area contributed by atoms with E-state index in [1.54, 1.807) is 14.2 Å². The first kappa shape index (κ1) is 21.3. The molecule has 0 radical (unpaired) electrons. The van der Waals surface area contributed by atoms with Crippen LogP contribution in [-0.4, -0.2) is 64.9 Å². The van der Waals surface area contributed by atoms with E-state index in [0.29, 0.717) is 30.7 Å². The molecule has 8 nitrogen and oxygen atoms in total. The van der Waals surface area contributed by atoms with Crippen LogP contribution in [0.3, 0.4) is 0 Å². The number of methoxy groups -OCH3 is 1. The normalized spacial score (nSPS) is 26.9. The smallest absolute Gasteiger partial charge is 0.213 e. The number of pyridine rings is 1. The molecule has 3 aliphatic rings. The van der Waals surface area contributed by atoms with Crippen LogP contribution in [0.5, 0.6) is 5.88 Å². The second-order valence-electron chi connectivity index (χ2n) is 8.48. The third-order valence-corrected chi connectivity index (χ3v) is 9.40. The number of anilines is 1. The van der Waals surface area contributed by atoms with Crippen LogP contribution in [0.4, 0.5) is 5.82 Å². The van der Waals surface area contributed by atoms with Crippen molar-refractivity contribution in [1.29, 1.82) is 0 Å². The lowest BCUT2D eigenvalue weighted by molar-refractivity contribution is 0.0985. The molecule has 5 rings (SSSR count). The summed E-state index contributed by atoms with van der Waals surface area (Å²) in [5.41, 5.74) is 3.69. The Morgan fingerprint density at radius 1 is 1.28 bits per heavy atom. The third-order valence-electron chi connectivity index (χ3n) is 6.54. The minimum absolute atomic E-state index is 0.184. The van der Waals surface area contributed by atoms with Crippen molar-refractivity contribution < 1.29 is 13.7 Å². The molecular weight excluding hydrogens is 426 g/mol. The van der Waals surface area contributed by atoms with Gasteiger partial charge < -0.3 is 14.4 Å². The van der Waals surface area contributed by atoms with Crippen molar-refractivity contribution in [1.82, 2.24) is 15.0 Å². The van der Waals surface area contributed by atoms with Gasteiger partial charge in [-0.1, -0.05) is 12.2 Å². The fraction of sp³-hybridized carbons (Fsp3) is 0.522. The number of hydrogen-bond acceptors (Lipinski definition) is 8. The summed E-state index contributed by atoms with van der Waals surface area (Å²) in [5.74, 6) is 2.63. The van der Waals surface area contributed by atoms with E-state index in [9.17, 15) is 4.21 Å². The first-order valence-electron chi connectivity index (χ1n) is 11.1. The number of ether oxygens (including phenoxy) is 2. The molecule has 2 fully saturated rings. The van der Waals surface area contributed by atoms with Crippen molar-refractivity contribution in [2.24, 2.45) is 4.36 Å². The molecule has 2 aromatic heterocycles. The summed E-state index contributed by atoms with van der Waals surface area (Å²) < 4.78 is 28.9. The van der Waals surface area contributed by atoms with Crippen LogP contribution in [0.15, 0.2) is 22.6 Å². The number of allylic oxidation sites excluding steroid dienone is 1. The molecule has 2 aliphatic heterocycles. The summed E-state index contributed by atoms with van der Waals surface area (Å²) in [6, 6.07) is 4.11. The Morgan fingerprint density at radius 3 is 2.94 bits per heavy atom. The molecule has 2 unspecified atom stereocenters. The summed E-state index contributed by atoms with van der Waals surface area (Å²) in [7, 11) is 0.957. The SMILES string of the molecule is CN=S1(=O)CCCC1c1cc(N2CCOC[C@H]2C)nc(-c2cc(OC)nc3c2C=CC3)n1. The van der Waals surface area contributed by atoms with E-state index < -0.39 is 9.73 Å². The van der Waals surface area contributed by atoms with Crippen molar-refractivity contribution in [2.45, 2.75) is 37.5 Å². The molecule has 0 spiro atoms. The Kier molecular flexibility index (Phi) is 5.63. The molecule has 0 amide bonds. The van der Waals surface area contributed by atoms with Gasteiger partial charge in [0.25, 0.3) is 0 Å². The Morgan fingerprint density at radius 2 is 2.16 bits per heavy atom. The molecule has 3 atom stereocenters. The van der Waals surface area contributed by atoms with Crippen LogP contribution in [0, 0.1) is 0 Å². The predicted molar refractivity (Wildman–Crippen MR) is 126 cm³/mol. The van der Waals surface area contributed by atoms with Crippen LogP contribution in [0.1, 0.15) is 42.0 Å². The summed E-state index contributed by atoms with van der Waals surface area (Å²) in [5, 5.41) is -0.184. The zero-order valence-corrected chi connectivity index (χ0v) is 19.6. The van der Waals surface area contributed by atoms with Crippen LogP contribution in [0.2, 0.25) is 0 Å². The number of fused-ring (bicyclic) bond motifs is 1. The summed E-state index contributed by atoms with van der Waals surface area (Å²) in [6.45, 7) is 4.20. The molecule has 0 N–H and O–H groups in total. The topological polar surface area (TPSA) is 89.8 Å². The van der Waals surface area contributed by atoms with Crippen molar-refractivity contribution in [3.63, 3.8) is 0 Å². The van der Waals surface area contributed by atoms with Gasteiger partial charge in [-0.05, 0) is 19.8 Å². The molecule has 0 saturated carbocycles. The second-order valence-corrected chi connectivity index (χ2v) is 11.2. The average Bonchev–Trinajstić information content (AvgIpc) is 3.45. The highest BCUT2D eigenvalue weighted by molar-refractivity contribution is 7.94. The lowest BCUT2D eigenvalue weighted by atomic mass is 10.1. The maximum Gasteiger partial charge on any atom is 0.213 e. The van der Waals surface area contributed by atoms with Crippen molar-refractivity contribution >= 4 is 21.6 Å². The highest BCUT2D eigenvalue weighted by atomic mass is 32.2. The molecule has 2 saturated heterocycles. The fourth-order valence-corrected chi connectivity index (χ4v) is 7.15. The molecule has 170 valence electrons. The maximum absolute atomic E-state index is 13.5. The van der Waals surface area contributed by atoms with E-state index in [1.807, 2.05) is 12.1 Å². The van der Waals surface area contributed by atoms with Crippen molar-refractivity contribution in [3.8, 4) is 17.3 Å². The van der Waals surface area contributed by atoms with Gasteiger partial charge >= 0.3 is 0 Å². The molecule has 0 bridgehead atoms. The van der Waals surface area contributed by atoms with Gasteiger partial charge in [0.15, 0.2) is 5.82 Å². The zero-order valence-electron chi connectivity index (χ0n) is 18.8. The van der Waals surface area contributed by atoms with Gasteiger partial charge in [-0.25, -0.2) is 23.5 Å². The first-order chi connectivity index (χ1) is 15.5. The molecule has 32 heavy (non-hydrogen) atoms. The molecular formula is C23H29N5O3S. The summed E-state index contributed by atoms with van der Waals surface area (Å²) in [4.78, 5) is 16.8. The highest BCUT2D eigenvalue weighted by Gasteiger charge is 2.33. The largest absolute Gasteiger partial charge is 0.481 e. The monoisotopic (exact) mass is 455 g/mol. The van der Waals surface area contributed by atoms with Gasteiger partial charge in [-0.3, -0.25) is 0 Å². The quantitative estimate of drug-likeness (QED) is 0.699. The molecule has 0 aromatic carbocycles. The van der Waals surface area contributed by atoms with E-state index in [0.717, 1.165) is 54.1 Å². The minimum atomic E-state index is -2.33. The van der Waals surface area contributed by atoms with E-state index >= 15 is 0 Å². The van der Waals surface area contributed by atoms with Gasteiger partial charge in [-0.2, -0.15) is 0 Å². The van der Waals surface area contributed by atoms with Crippen LogP contribution in [-0.2, 0) is 20.9 Å². The fourth-order valence-electron chi connectivity index (χ4n) is 4.81. The van der Waals surface area contributed by atoms with Crippen molar-refractivity contribution in [2.75, 3.05) is 44.6 Å². The number of aromatic nitrogens is 3. The minimum Gasteiger partial charge on any atom is -0.481 e. The van der Waals surface area contributed by atoms with Crippen LogP contribution in [0.25, 0.3) is 17.5 Å². The van der Waals surface area contributed by atoms with Gasteiger partial charge in [-0.15, -0.1) is 0 Å². The maximum atomic E-state index is 13.5. The zero-order chi connectivity index (χ0) is 22.3. The van der Waals surface area contributed by atoms with Crippen LogP contribution < -0.4 is 9.64 Å². The molecule has 4 heterocycles. The Labute approximate surface area is 189 Å². The van der Waals surface area contributed by atoms with Crippen molar-refractivity contribution in [3.05, 3.63) is 35.2 Å². The van der Waals surface area contributed by atoms with Crippen LogP contribution >= 0.6 is 0 Å². The number of morpholine rings is 1. The Balaban J connectivity index is 1.70. The van der Waals surface area contributed by atoms with E-state index in [2.05, 4.69) is 33.3 Å². The van der Waals surface area contributed by atoms with Gasteiger partial charge in [0.2, 0.25) is 5.88 Å².